The lowest BCUT2D eigenvalue weighted by molar-refractivity contribution is 0.375. The van der Waals surface area contributed by atoms with Crippen molar-refractivity contribution in [3.63, 3.8) is 0 Å². The SMILES string of the molecule is COc1cccc([C@@H](N)CF)c1F. The molecule has 1 aromatic rings. The van der Waals surface area contributed by atoms with Gasteiger partial charge in [0.1, 0.15) is 6.67 Å². The number of methoxy groups -OCH3 is 1. The fourth-order valence-electron chi connectivity index (χ4n) is 1.05. The van der Waals surface area contributed by atoms with Gasteiger partial charge in [-0.2, -0.15) is 0 Å². The smallest absolute Gasteiger partial charge is 0.169 e. The standard InChI is InChI=1S/C9H11F2NO/c1-13-8-4-2-3-6(9(8)11)7(12)5-10/h2-4,7H,5,12H2,1H3/t7-/m0/s1. The molecule has 0 saturated heterocycles. The van der Waals surface area contributed by atoms with Crippen LogP contribution in [0.15, 0.2) is 18.2 Å². The van der Waals surface area contributed by atoms with E-state index in [1.165, 1.54) is 19.2 Å². The number of hydrogen-bond donors (Lipinski definition) is 1. The highest BCUT2D eigenvalue weighted by atomic mass is 19.1. The van der Waals surface area contributed by atoms with Crippen molar-refractivity contribution in [1.29, 1.82) is 0 Å². The van der Waals surface area contributed by atoms with Gasteiger partial charge in [0.05, 0.1) is 13.2 Å². The number of ether oxygens (including phenoxy) is 1. The minimum absolute atomic E-state index is 0.0846. The van der Waals surface area contributed by atoms with E-state index >= 15 is 0 Å². The first kappa shape index (κ1) is 9.92. The van der Waals surface area contributed by atoms with Crippen LogP contribution >= 0.6 is 0 Å². The molecule has 1 aromatic carbocycles. The zero-order chi connectivity index (χ0) is 9.84. The largest absolute Gasteiger partial charge is 0.494 e. The molecule has 0 fully saturated rings. The van der Waals surface area contributed by atoms with Crippen molar-refractivity contribution >= 4 is 0 Å². The molecule has 0 aromatic heterocycles. The molecular weight excluding hydrogens is 176 g/mol. The van der Waals surface area contributed by atoms with Gasteiger partial charge in [-0.1, -0.05) is 12.1 Å². The van der Waals surface area contributed by atoms with Gasteiger partial charge in [0.25, 0.3) is 0 Å². The third-order valence-corrected chi connectivity index (χ3v) is 1.78. The molecule has 0 heterocycles. The first-order chi connectivity index (χ1) is 6.20. The fraction of sp³-hybridized carbons (Fsp3) is 0.333. The van der Waals surface area contributed by atoms with Crippen LogP contribution in [0.25, 0.3) is 0 Å². The molecule has 0 aliphatic carbocycles. The molecule has 2 N–H and O–H groups in total. The molecule has 13 heavy (non-hydrogen) atoms. The second-order valence-electron chi connectivity index (χ2n) is 2.62. The third kappa shape index (κ3) is 1.95. The number of rotatable bonds is 3. The number of hydrogen-bond acceptors (Lipinski definition) is 2. The molecule has 0 unspecified atom stereocenters. The summed E-state index contributed by atoms with van der Waals surface area (Å²) in [6.07, 6.45) is 0. The summed E-state index contributed by atoms with van der Waals surface area (Å²) in [6, 6.07) is 3.56. The van der Waals surface area contributed by atoms with E-state index in [9.17, 15) is 8.78 Å². The van der Waals surface area contributed by atoms with Gasteiger partial charge in [-0.25, -0.2) is 8.78 Å². The van der Waals surface area contributed by atoms with Crippen molar-refractivity contribution < 1.29 is 13.5 Å². The monoisotopic (exact) mass is 187 g/mol. The Morgan fingerprint density at radius 1 is 1.54 bits per heavy atom. The van der Waals surface area contributed by atoms with E-state index in [0.717, 1.165) is 0 Å². The van der Waals surface area contributed by atoms with Gasteiger partial charge in [0, 0.05) is 5.56 Å². The third-order valence-electron chi connectivity index (χ3n) is 1.78. The summed E-state index contributed by atoms with van der Waals surface area (Å²) in [5.41, 5.74) is 5.49. The van der Waals surface area contributed by atoms with E-state index < -0.39 is 18.5 Å². The van der Waals surface area contributed by atoms with Crippen LogP contribution in [0.1, 0.15) is 11.6 Å². The molecule has 0 spiro atoms. The molecule has 0 radical (unpaired) electrons. The van der Waals surface area contributed by atoms with Gasteiger partial charge in [-0.05, 0) is 6.07 Å². The fourth-order valence-corrected chi connectivity index (χ4v) is 1.05. The molecule has 4 heteroatoms. The first-order valence-corrected chi connectivity index (χ1v) is 3.84. The van der Waals surface area contributed by atoms with Crippen LogP contribution in [-0.4, -0.2) is 13.8 Å². The normalized spacial score (nSPS) is 12.6. The Balaban J connectivity index is 3.08. The number of benzene rings is 1. The zero-order valence-corrected chi connectivity index (χ0v) is 7.26. The van der Waals surface area contributed by atoms with Crippen LogP contribution < -0.4 is 10.5 Å². The molecule has 0 amide bonds. The van der Waals surface area contributed by atoms with Crippen LogP contribution in [0, 0.1) is 5.82 Å². The van der Waals surface area contributed by atoms with Gasteiger partial charge in [-0.15, -0.1) is 0 Å². The Morgan fingerprint density at radius 2 is 2.23 bits per heavy atom. The molecule has 1 atom stereocenters. The van der Waals surface area contributed by atoms with Gasteiger partial charge >= 0.3 is 0 Å². The average molecular weight is 187 g/mol. The Kier molecular flexibility index (Phi) is 3.19. The molecular formula is C9H11F2NO. The minimum Gasteiger partial charge on any atom is -0.494 e. The van der Waals surface area contributed by atoms with Crippen molar-refractivity contribution in [3.8, 4) is 5.75 Å². The molecule has 2 nitrogen and oxygen atoms in total. The lowest BCUT2D eigenvalue weighted by atomic mass is 10.1. The highest BCUT2D eigenvalue weighted by molar-refractivity contribution is 5.32. The van der Waals surface area contributed by atoms with Crippen LogP contribution in [0.4, 0.5) is 8.78 Å². The highest BCUT2D eigenvalue weighted by Crippen LogP contribution is 2.23. The second kappa shape index (κ2) is 4.18. The molecule has 72 valence electrons. The summed E-state index contributed by atoms with van der Waals surface area (Å²) >= 11 is 0. The molecule has 0 aliphatic heterocycles. The van der Waals surface area contributed by atoms with E-state index in [2.05, 4.69) is 0 Å². The molecule has 1 rings (SSSR count). The van der Waals surface area contributed by atoms with Crippen LogP contribution in [0.5, 0.6) is 5.75 Å². The topological polar surface area (TPSA) is 35.2 Å². The van der Waals surface area contributed by atoms with Crippen LogP contribution in [0.2, 0.25) is 0 Å². The maximum absolute atomic E-state index is 13.3. The van der Waals surface area contributed by atoms with Crippen LogP contribution in [-0.2, 0) is 0 Å². The lowest BCUT2D eigenvalue weighted by Gasteiger charge is -2.10. The van der Waals surface area contributed by atoms with Crippen molar-refractivity contribution in [2.24, 2.45) is 5.73 Å². The summed E-state index contributed by atoms with van der Waals surface area (Å²) in [4.78, 5) is 0. The minimum atomic E-state index is -0.921. The summed E-state index contributed by atoms with van der Waals surface area (Å²) < 4.78 is 30.2. The van der Waals surface area contributed by atoms with Crippen molar-refractivity contribution in [2.75, 3.05) is 13.8 Å². The van der Waals surface area contributed by atoms with Gasteiger partial charge < -0.3 is 10.5 Å². The maximum Gasteiger partial charge on any atom is 0.169 e. The van der Waals surface area contributed by atoms with Gasteiger partial charge in [0.15, 0.2) is 11.6 Å². The average Bonchev–Trinajstić information content (AvgIpc) is 2.17. The van der Waals surface area contributed by atoms with E-state index in [-0.39, 0.29) is 11.3 Å². The second-order valence-corrected chi connectivity index (χ2v) is 2.62. The summed E-state index contributed by atoms with van der Waals surface area (Å²) in [5, 5.41) is 0. The lowest BCUT2D eigenvalue weighted by Crippen LogP contribution is -2.14. The van der Waals surface area contributed by atoms with E-state index in [1.54, 1.807) is 6.07 Å². The number of alkyl halides is 1. The Labute approximate surface area is 75.3 Å². The van der Waals surface area contributed by atoms with E-state index in [1.807, 2.05) is 0 Å². The van der Waals surface area contributed by atoms with Gasteiger partial charge in [0.2, 0.25) is 0 Å². The maximum atomic E-state index is 13.3. The van der Waals surface area contributed by atoms with Gasteiger partial charge in [-0.3, -0.25) is 0 Å². The molecule has 0 aliphatic rings. The summed E-state index contributed by atoms with van der Waals surface area (Å²) in [7, 11) is 1.35. The van der Waals surface area contributed by atoms with Crippen LogP contribution in [0.3, 0.4) is 0 Å². The van der Waals surface area contributed by atoms with E-state index in [4.69, 9.17) is 10.5 Å². The van der Waals surface area contributed by atoms with E-state index in [0.29, 0.717) is 0 Å². The summed E-state index contributed by atoms with van der Waals surface area (Å²) in [6.45, 7) is -0.788. The van der Waals surface area contributed by atoms with Crippen molar-refractivity contribution in [1.82, 2.24) is 0 Å². The number of nitrogens with two attached hydrogens (primary N) is 1. The highest BCUT2D eigenvalue weighted by Gasteiger charge is 2.14. The Hall–Kier alpha value is -1.16. The number of halogens is 2. The predicted octanol–water partition coefficient (Wildman–Crippen LogP) is 1.80. The molecule has 0 saturated carbocycles. The molecule has 0 bridgehead atoms. The Bertz CT molecular complexity index is 291. The summed E-state index contributed by atoms with van der Waals surface area (Å²) in [5.74, 6) is -0.503. The Morgan fingerprint density at radius 3 is 2.77 bits per heavy atom. The first-order valence-electron chi connectivity index (χ1n) is 3.84. The zero-order valence-electron chi connectivity index (χ0n) is 7.26. The quantitative estimate of drug-likeness (QED) is 0.783. The van der Waals surface area contributed by atoms with Crippen molar-refractivity contribution in [3.05, 3.63) is 29.6 Å². The predicted molar refractivity (Wildman–Crippen MR) is 45.9 cm³/mol. The van der Waals surface area contributed by atoms with Crippen molar-refractivity contribution in [2.45, 2.75) is 6.04 Å².